The Morgan fingerprint density at radius 2 is 2.24 bits per heavy atom. The first-order valence-electron chi connectivity index (χ1n) is 8.08. The number of nitrogens with one attached hydrogen (secondary N) is 2. The first-order chi connectivity index (χ1) is 10.3. The molecule has 2 heterocycles. The van der Waals surface area contributed by atoms with E-state index in [1.165, 1.54) is 0 Å². The molecule has 122 valence electrons. The minimum atomic E-state index is 0.152. The van der Waals surface area contributed by atoms with E-state index in [-0.39, 0.29) is 5.91 Å². The lowest BCUT2D eigenvalue weighted by Crippen LogP contribution is -2.41. The van der Waals surface area contributed by atoms with Crippen molar-refractivity contribution >= 4 is 17.7 Å². The highest BCUT2D eigenvalue weighted by Gasteiger charge is 2.16. The Morgan fingerprint density at radius 1 is 1.38 bits per heavy atom. The normalized spacial score (nSPS) is 23.9. The van der Waals surface area contributed by atoms with Crippen LogP contribution in [0.4, 0.5) is 0 Å². The zero-order valence-electron chi connectivity index (χ0n) is 12.8. The monoisotopic (exact) mass is 316 g/mol. The van der Waals surface area contributed by atoms with Crippen LogP contribution in [0.1, 0.15) is 25.7 Å². The first kappa shape index (κ1) is 17.1. The van der Waals surface area contributed by atoms with Gasteiger partial charge in [-0.1, -0.05) is 0 Å². The zero-order chi connectivity index (χ0) is 14.8. The second-order valence-corrected chi connectivity index (χ2v) is 6.91. The number of hydrogen-bond acceptors (Lipinski definition) is 5. The molecule has 0 bridgehead atoms. The molecule has 0 radical (unpaired) electrons. The van der Waals surface area contributed by atoms with Crippen molar-refractivity contribution in [1.29, 1.82) is 0 Å². The van der Waals surface area contributed by atoms with Crippen LogP contribution in [0.5, 0.6) is 0 Å². The maximum atomic E-state index is 11.8. The smallest absolute Gasteiger partial charge is 0.221 e. The summed E-state index contributed by atoms with van der Waals surface area (Å²) in [6, 6.07) is 0.341. The van der Waals surface area contributed by atoms with E-state index in [0.29, 0.717) is 24.9 Å². The van der Waals surface area contributed by atoms with Crippen LogP contribution in [0.2, 0.25) is 0 Å². The van der Waals surface area contributed by atoms with Crippen LogP contribution in [-0.4, -0.2) is 63.0 Å². The molecule has 2 aliphatic rings. The Bertz CT molecular complexity index is 293. The molecule has 1 amide bonds. The summed E-state index contributed by atoms with van der Waals surface area (Å²) >= 11 is 1.92. The number of carbonyl (C=O) groups excluding carboxylic acids is 1. The minimum absolute atomic E-state index is 0.152. The van der Waals surface area contributed by atoms with Crippen molar-refractivity contribution in [3.8, 4) is 0 Å². The molecule has 2 fully saturated rings. The van der Waals surface area contributed by atoms with Crippen LogP contribution in [0.3, 0.4) is 0 Å². The van der Waals surface area contributed by atoms with Gasteiger partial charge in [0.15, 0.2) is 0 Å². The fraction of sp³-hybridized carbons (Fsp3) is 0.933. The molecule has 0 spiro atoms. The summed E-state index contributed by atoms with van der Waals surface area (Å²) in [7, 11) is 0. The first-order valence-corrected chi connectivity index (χ1v) is 9.23. The summed E-state index contributed by atoms with van der Waals surface area (Å²) in [6.45, 7) is 5.04. The van der Waals surface area contributed by atoms with Crippen LogP contribution in [0, 0.1) is 5.92 Å². The lowest BCUT2D eigenvalue weighted by molar-refractivity contribution is -0.121. The minimum Gasteiger partial charge on any atom is -0.381 e. The van der Waals surface area contributed by atoms with Gasteiger partial charge < -0.3 is 20.1 Å². The standard InChI is InChI=1S/C15H28N2O3S/c18-15(10-14-12-21-9-5-16-14)17-4-1-6-20-11-13-2-7-19-8-3-13/h13-14,16H,1-12H2,(H,17,18). The van der Waals surface area contributed by atoms with Crippen molar-refractivity contribution in [3.05, 3.63) is 0 Å². The van der Waals surface area contributed by atoms with Crippen molar-refractivity contribution in [2.75, 3.05) is 51.0 Å². The molecular weight excluding hydrogens is 288 g/mol. The van der Waals surface area contributed by atoms with E-state index in [2.05, 4.69) is 10.6 Å². The highest BCUT2D eigenvalue weighted by molar-refractivity contribution is 7.99. The lowest BCUT2D eigenvalue weighted by Gasteiger charge is -2.22. The summed E-state index contributed by atoms with van der Waals surface area (Å²) in [5.74, 6) is 3.01. The van der Waals surface area contributed by atoms with Gasteiger partial charge in [0.05, 0.1) is 0 Å². The Labute approximate surface area is 131 Å². The number of amides is 1. The largest absolute Gasteiger partial charge is 0.381 e. The van der Waals surface area contributed by atoms with Gasteiger partial charge in [0.25, 0.3) is 0 Å². The second-order valence-electron chi connectivity index (χ2n) is 5.76. The fourth-order valence-electron chi connectivity index (χ4n) is 2.61. The lowest BCUT2D eigenvalue weighted by atomic mass is 10.0. The third kappa shape index (κ3) is 7.49. The van der Waals surface area contributed by atoms with Crippen molar-refractivity contribution in [3.63, 3.8) is 0 Å². The van der Waals surface area contributed by atoms with E-state index in [1.54, 1.807) is 0 Å². The van der Waals surface area contributed by atoms with Gasteiger partial charge in [0.1, 0.15) is 0 Å². The van der Waals surface area contributed by atoms with Crippen LogP contribution in [0.25, 0.3) is 0 Å². The molecule has 1 atom stereocenters. The Hall–Kier alpha value is -0.300. The molecule has 2 aliphatic heterocycles. The third-order valence-corrected chi connectivity index (χ3v) is 5.04. The highest BCUT2D eigenvalue weighted by atomic mass is 32.2. The van der Waals surface area contributed by atoms with E-state index < -0.39 is 0 Å². The predicted molar refractivity (Wildman–Crippen MR) is 85.7 cm³/mol. The Morgan fingerprint density at radius 3 is 3.00 bits per heavy atom. The van der Waals surface area contributed by atoms with E-state index >= 15 is 0 Å². The molecule has 0 saturated carbocycles. The van der Waals surface area contributed by atoms with Crippen LogP contribution in [-0.2, 0) is 14.3 Å². The Kier molecular flexibility index (Phi) is 8.47. The zero-order valence-corrected chi connectivity index (χ0v) is 13.6. The van der Waals surface area contributed by atoms with E-state index in [4.69, 9.17) is 9.47 Å². The molecule has 5 nitrogen and oxygen atoms in total. The summed E-state index contributed by atoms with van der Waals surface area (Å²) in [6.07, 6.45) is 3.71. The summed E-state index contributed by atoms with van der Waals surface area (Å²) < 4.78 is 11.0. The van der Waals surface area contributed by atoms with Crippen LogP contribution < -0.4 is 10.6 Å². The van der Waals surface area contributed by atoms with E-state index in [1.807, 2.05) is 11.8 Å². The molecule has 21 heavy (non-hydrogen) atoms. The van der Waals surface area contributed by atoms with Crippen molar-refractivity contribution < 1.29 is 14.3 Å². The quantitative estimate of drug-likeness (QED) is 0.655. The molecule has 2 N–H and O–H groups in total. The average Bonchev–Trinajstić information content (AvgIpc) is 2.53. The number of thioether (sulfide) groups is 1. The molecular formula is C15H28N2O3S. The van der Waals surface area contributed by atoms with Gasteiger partial charge >= 0.3 is 0 Å². The maximum absolute atomic E-state index is 11.8. The Balaban J connectivity index is 1.41. The van der Waals surface area contributed by atoms with Gasteiger partial charge in [-0.3, -0.25) is 4.79 Å². The average molecular weight is 316 g/mol. The van der Waals surface area contributed by atoms with Crippen LogP contribution in [0.15, 0.2) is 0 Å². The molecule has 0 aliphatic carbocycles. The highest BCUT2D eigenvalue weighted by Crippen LogP contribution is 2.14. The van der Waals surface area contributed by atoms with Crippen LogP contribution >= 0.6 is 11.8 Å². The third-order valence-electron chi connectivity index (χ3n) is 3.91. The van der Waals surface area contributed by atoms with Gasteiger partial charge in [-0.25, -0.2) is 0 Å². The van der Waals surface area contributed by atoms with E-state index in [0.717, 1.165) is 63.7 Å². The molecule has 0 aromatic heterocycles. The van der Waals surface area contributed by atoms with Gasteiger partial charge in [-0.05, 0) is 25.2 Å². The summed E-state index contributed by atoms with van der Waals surface area (Å²) in [5, 5.41) is 6.36. The van der Waals surface area contributed by atoms with Gasteiger partial charge in [-0.2, -0.15) is 11.8 Å². The number of ether oxygens (including phenoxy) is 2. The number of hydrogen-bond donors (Lipinski definition) is 2. The number of carbonyl (C=O) groups is 1. The fourth-order valence-corrected chi connectivity index (χ4v) is 3.56. The van der Waals surface area contributed by atoms with Gasteiger partial charge in [0, 0.05) is 63.5 Å². The van der Waals surface area contributed by atoms with Crippen molar-refractivity contribution in [1.82, 2.24) is 10.6 Å². The second kappa shape index (κ2) is 10.4. The topological polar surface area (TPSA) is 59.6 Å². The van der Waals surface area contributed by atoms with Crippen molar-refractivity contribution in [2.24, 2.45) is 5.92 Å². The predicted octanol–water partition coefficient (Wildman–Crippen LogP) is 1.03. The molecule has 2 saturated heterocycles. The van der Waals surface area contributed by atoms with E-state index in [9.17, 15) is 4.79 Å². The number of rotatable bonds is 8. The molecule has 0 aromatic carbocycles. The molecule has 2 rings (SSSR count). The molecule has 6 heteroatoms. The molecule has 0 aromatic rings. The molecule has 1 unspecified atom stereocenters. The summed E-state index contributed by atoms with van der Waals surface area (Å²) in [5.41, 5.74) is 0. The summed E-state index contributed by atoms with van der Waals surface area (Å²) in [4.78, 5) is 11.8. The van der Waals surface area contributed by atoms with Gasteiger partial charge in [0.2, 0.25) is 5.91 Å². The van der Waals surface area contributed by atoms with Crippen molar-refractivity contribution in [2.45, 2.75) is 31.7 Å². The van der Waals surface area contributed by atoms with Gasteiger partial charge in [-0.15, -0.1) is 0 Å². The SMILES string of the molecule is O=C(CC1CSCCN1)NCCCOCC1CCOCC1. The maximum Gasteiger partial charge on any atom is 0.221 e.